The van der Waals surface area contributed by atoms with E-state index < -0.39 is 45.0 Å². The van der Waals surface area contributed by atoms with Crippen LogP contribution in [0.3, 0.4) is 0 Å². The Bertz CT molecular complexity index is 1720. The minimum absolute atomic E-state index is 0.0170. The zero-order chi connectivity index (χ0) is 27.3. The van der Waals surface area contributed by atoms with Gasteiger partial charge in [0.1, 0.15) is 17.6 Å². The minimum atomic E-state index is -4.31. The molecule has 1 atom stereocenters. The summed E-state index contributed by atoms with van der Waals surface area (Å²) in [5.41, 5.74) is 2.68. The monoisotopic (exact) mass is 555 g/mol. The number of H-pyrrole nitrogens is 1. The zero-order valence-electron chi connectivity index (χ0n) is 20.6. The highest BCUT2D eigenvalue weighted by molar-refractivity contribution is 7.90. The fourth-order valence-corrected chi connectivity index (χ4v) is 6.36. The standard InChI is InChI=1S/C27H24F3N5O3S/c28-18-7-9-35(14-18)39(37,38)34-23-6-4-21(29)24(25(23)30)26(36)20-13-33-27-19(20)11-17(12-32-27)15-3-5-22-16(10-15)2-1-8-31-22/h3-6,10-13,18,31,34H,1-2,7-9,14H2,(H,32,33)/t18-/m1/s1. The third-order valence-electron chi connectivity index (χ3n) is 7.14. The number of pyridine rings is 1. The van der Waals surface area contributed by atoms with E-state index in [0.29, 0.717) is 11.0 Å². The summed E-state index contributed by atoms with van der Waals surface area (Å²) in [6.45, 7) is 0.479. The first-order valence-corrected chi connectivity index (χ1v) is 13.9. The molecule has 39 heavy (non-hydrogen) atoms. The number of carbonyl (C=O) groups is 1. The number of hydrogen-bond acceptors (Lipinski definition) is 5. The first kappa shape index (κ1) is 25.4. The van der Waals surface area contributed by atoms with E-state index in [1.54, 1.807) is 12.3 Å². The number of ketones is 1. The summed E-state index contributed by atoms with van der Waals surface area (Å²) in [5.74, 6) is -3.48. The van der Waals surface area contributed by atoms with Crippen molar-refractivity contribution in [3.05, 3.63) is 77.1 Å². The van der Waals surface area contributed by atoms with Crippen LogP contribution < -0.4 is 10.0 Å². The van der Waals surface area contributed by atoms with Gasteiger partial charge in [0.15, 0.2) is 5.82 Å². The van der Waals surface area contributed by atoms with E-state index in [0.717, 1.165) is 52.6 Å². The number of rotatable bonds is 6. The summed E-state index contributed by atoms with van der Waals surface area (Å²) >= 11 is 0. The number of aryl methyl sites for hydroxylation is 1. The van der Waals surface area contributed by atoms with Gasteiger partial charge < -0.3 is 10.3 Å². The molecule has 2 aliphatic heterocycles. The van der Waals surface area contributed by atoms with Gasteiger partial charge in [-0.1, -0.05) is 6.07 Å². The molecule has 0 saturated carbocycles. The van der Waals surface area contributed by atoms with Crippen molar-refractivity contribution >= 4 is 38.4 Å². The van der Waals surface area contributed by atoms with Crippen LogP contribution in [0, 0.1) is 11.6 Å². The van der Waals surface area contributed by atoms with Gasteiger partial charge in [-0.2, -0.15) is 12.7 Å². The fourth-order valence-electron chi connectivity index (χ4n) is 5.09. The van der Waals surface area contributed by atoms with E-state index in [1.807, 2.05) is 16.9 Å². The van der Waals surface area contributed by atoms with E-state index >= 15 is 4.39 Å². The largest absolute Gasteiger partial charge is 0.385 e. The Labute approximate surface area is 222 Å². The molecule has 202 valence electrons. The number of carbonyl (C=O) groups excluding carboxylic acids is 1. The molecular formula is C27H24F3N5O3S. The van der Waals surface area contributed by atoms with Crippen LogP contribution in [0.1, 0.15) is 34.3 Å². The lowest BCUT2D eigenvalue weighted by atomic mass is 9.96. The normalized spacial score (nSPS) is 17.7. The first-order chi connectivity index (χ1) is 18.7. The van der Waals surface area contributed by atoms with Gasteiger partial charge in [0.05, 0.1) is 11.3 Å². The molecule has 0 amide bonds. The van der Waals surface area contributed by atoms with Crippen LogP contribution in [0.15, 0.2) is 48.8 Å². The Balaban J connectivity index is 1.35. The third-order valence-corrected chi connectivity index (χ3v) is 8.63. The lowest BCUT2D eigenvalue weighted by Crippen LogP contribution is -2.34. The molecule has 2 aromatic heterocycles. The molecular weight excluding hydrogens is 531 g/mol. The number of alkyl halides is 1. The molecule has 2 aliphatic rings. The average molecular weight is 556 g/mol. The van der Waals surface area contributed by atoms with Gasteiger partial charge in [-0.05, 0) is 60.7 Å². The van der Waals surface area contributed by atoms with E-state index in [1.165, 1.54) is 11.8 Å². The van der Waals surface area contributed by atoms with Crippen molar-refractivity contribution in [2.45, 2.75) is 25.4 Å². The van der Waals surface area contributed by atoms with Crippen LogP contribution in [-0.4, -0.2) is 54.3 Å². The highest BCUT2D eigenvalue weighted by Gasteiger charge is 2.33. The van der Waals surface area contributed by atoms with Gasteiger partial charge in [0.2, 0.25) is 5.78 Å². The number of anilines is 2. The maximum Gasteiger partial charge on any atom is 0.301 e. The lowest BCUT2D eigenvalue weighted by Gasteiger charge is -2.18. The predicted octanol–water partition coefficient (Wildman–Crippen LogP) is 4.80. The van der Waals surface area contributed by atoms with E-state index in [2.05, 4.69) is 21.4 Å². The zero-order valence-corrected chi connectivity index (χ0v) is 21.4. The summed E-state index contributed by atoms with van der Waals surface area (Å²) < 4.78 is 71.9. The van der Waals surface area contributed by atoms with E-state index in [4.69, 9.17) is 0 Å². The molecule has 1 saturated heterocycles. The van der Waals surface area contributed by atoms with Crippen molar-refractivity contribution in [1.29, 1.82) is 0 Å². The predicted molar refractivity (Wildman–Crippen MR) is 142 cm³/mol. The van der Waals surface area contributed by atoms with Crippen molar-refractivity contribution in [3.8, 4) is 11.1 Å². The molecule has 3 N–H and O–H groups in total. The minimum Gasteiger partial charge on any atom is -0.385 e. The van der Waals surface area contributed by atoms with Crippen molar-refractivity contribution in [2.24, 2.45) is 0 Å². The number of benzene rings is 2. The summed E-state index contributed by atoms with van der Waals surface area (Å²) in [6.07, 6.45) is 3.63. The molecule has 0 radical (unpaired) electrons. The molecule has 8 nitrogen and oxygen atoms in total. The molecule has 0 spiro atoms. The number of hydrogen-bond donors (Lipinski definition) is 3. The van der Waals surface area contributed by atoms with Gasteiger partial charge in [-0.15, -0.1) is 0 Å². The Morgan fingerprint density at radius 2 is 1.97 bits per heavy atom. The smallest absolute Gasteiger partial charge is 0.301 e. The van der Waals surface area contributed by atoms with Crippen LogP contribution in [0.5, 0.6) is 0 Å². The number of fused-ring (bicyclic) bond motifs is 2. The van der Waals surface area contributed by atoms with Gasteiger partial charge in [-0.25, -0.2) is 18.2 Å². The summed E-state index contributed by atoms with van der Waals surface area (Å²) in [6, 6.07) is 9.42. The second kappa shape index (κ2) is 9.69. The quantitative estimate of drug-likeness (QED) is 0.297. The summed E-state index contributed by atoms with van der Waals surface area (Å²) in [7, 11) is -4.31. The first-order valence-electron chi connectivity index (χ1n) is 12.5. The number of aromatic nitrogens is 2. The van der Waals surface area contributed by atoms with Gasteiger partial charge in [-0.3, -0.25) is 9.52 Å². The summed E-state index contributed by atoms with van der Waals surface area (Å²) in [4.78, 5) is 20.7. The van der Waals surface area contributed by atoms with Crippen molar-refractivity contribution in [1.82, 2.24) is 14.3 Å². The van der Waals surface area contributed by atoms with Crippen LogP contribution in [-0.2, 0) is 16.6 Å². The van der Waals surface area contributed by atoms with Crippen LogP contribution >= 0.6 is 0 Å². The van der Waals surface area contributed by atoms with Crippen molar-refractivity contribution in [3.63, 3.8) is 0 Å². The van der Waals surface area contributed by atoms with E-state index in [9.17, 15) is 22.0 Å². The fraction of sp³-hybridized carbons (Fsp3) is 0.259. The van der Waals surface area contributed by atoms with Gasteiger partial charge >= 0.3 is 10.2 Å². The number of nitrogens with zero attached hydrogens (tertiary/aromatic N) is 2. The summed E-state index contributed by atoms with van der Waals surface area (Å²) in [5, 5.41) is 3.72. The molecule has 2 aromatic carbocycles. The van der Waals surface area contributed by atoms with Gasteiger partial charge in [0, 0.05) is 54.2 Å². The van der Waals surface area contributed by atoms with Crippen LogP contribution in [0.2, 0.25) is 0 Å². The topological polar surface area (TPSA) is 107 Å². The van der Waals surface area contributed by atoms with E-state index in [-0.39, 0.29) is 25.1 Å². The SMILES string of the molecule is O=C(c1c(F)ccc(NS(=O)(=O)N2CC[C@@H](F)C2)c1F)c1c[nH]c2ncc(-c3ccc4c(c3)CCCN4)cc12. The van der Waals surface area contributed by atoms with Crippen molar-refractivity contribution in [2.75, 3.05) is 29.7 Å². The number of nitrogens with one attached hydrogen (secondary N) is 3. The number of halogens is 3. The second-order valence-electron chi connectivity index (χ2n) is 9.69. The molecule has 0 aliphatic carbocycles. The van der Waals surface area contributed by atoms with Crippen LogP contribution in [0.25, 0.3) is 22.2 Å². The van der Waals surface area contributed by atoms with Gasteiger partial charge in [0.25, 0.3) is 0 Å². The highest BCUT2D eigenvalue weighted by Crippen LogP contribution is 2.32. The Kier molecular flexibility index (Phi) is 6.31. The van der Waals surface area contributed by atoms with Crippen LogP contribution in [0.4, 0.5) is 24.5 Å². The maximum absolute atomic E-state index is 15.5. The Morgan fingerprint density at radius 3 is 2.77 bits per heavy atom. The Morgan fingerprint density at radius 1 is 1.13 bits per heavy atom. The lowest BCUT2D eigenvalue weighted by molar-refractivity contribution is 0.103. The molecule has 0 unspecified atom stereocenters. The average Bonchev–Trinajstić information content (AvgIpc) is 3.56. The molecule has 1 fully saturated rings. The van der Waals surface area contributed by atoms with Crippen molar-refractivity contribution < 1.29 is 26.4 Å². The molecule has 12 heteroatoms. The molecule has 6 rings (SSSR count). The number of aromatic amines is 1. The highest BCUT2D eigenvalue weighted by atomic mass is 32.2. The molecule has 0 bridgehead atoms. The second-order valence-corrected chi connectivity index (χ2v) is 11.4. The third kappa shape index (κ3) is 4.63. The molecule has 4 aromatic rings. The molecule has 4 heterocycles. The Hall–Kier alpha value is -3.90. The maximum atomic E-state index is 15.5.